The quantitative estimate of drug-likeness (QED) is 0.666. The number of nitrogens with zero attached hydrogens (tertiary/aromatic N) is 3. The van der Waals surface area contributed by atoms with Crippen molar-refractivity contribution in [2.24, 2.45) is 11.5 Å². The Morgan fingerprint density at radius 2 is 1.87 bits per heavy atom. The van der Waals surface area contributed by atoms with Gasteiger partial charge in [-0.3, -0.25) is 4.79 Å². The standard InChI is InChI=1S/C22H31FN6O/c1-12(2)16-8-15(9-17(13(3)4)19(16)23)27-21-18(20(25)30)10-26-22(28-21)29-7-5-6-14(24)11-29/h8-10,12-14H,5-7,11,24H2,1-4H3,(H2,25,30)(H,26,27,28). The molecule has 1 aromatic carbocycles. The molecule has 2 aromatic rings. The number of amides is 1. The first-order valence-corrected chi connectivity index (χ1v) is 10.4. The summed E-state index contributed by atoms with van der Waals surface area (Å²) in [5, 5.41) is 3.19. The molecule has 8 heteroatoms. The van der Waals surface area contributed by atoms with Crippen LogP contribution in [0.3, 0.4) is 0 Å². The summed E-state index contributed by atoms with van der Waals surface area (Å²) in [5.74, 6) is 0.00272. The molecule has 1 atom stereocenters. The number of nitrogens with one attached hydrogen (secondary N) is 1. The number of hydrogen-bond donors (Lipinski definition) is 3. The fourth-order valence-electron chi connectivity index (χ4n) is 3.71. The number of carbonyl (C=O) groups is 1. The van der Waals surface area contributed by atoms with Crippen LogP contribution in [0.4, 0.5) is 21.8 Å². The lowest BCUT2D eigenvalue weighted by atomic mass is 9.93. The molecule has 0 saturated carbocycles. The Bertz CT molecular complexity index is 901. The monoisotopic (exact) mass is 414 g/mol. The van der Waals surface area contributed by atoms with Crippen LogP contribution in [0, 0.1) is 5.82 Å². The maximum atomic E-state index is 14.9. The molecule has 7 nitrogen and oxygen atoms in total. The van der Waals surface area contributed by atoms with Gasteiger partial charge in [-0.25, -0.2) is 9.37 Å². The van der Waals surface area contributed by atoms with Gasteiger partial charge in [0, 0.05) is 31.0 Å². The summed E-state index contributed by atoms with van der Waals surface area (Å²) in [6.07, 6.45) is 3.36. The SMILES string of the molecule is CC(C)c1cc(Nc2nc(N3CCCC(N)C3)ncc2C(N)=O)cc(C(C)C)c1F. The molecule has 1 aliphatic rings. The lowest BCUT2D eigenvalue weighted by Gasteiger charge is -2.31. The Balaban J connectivity index is 2.02. The van der Waals surface area contributed by atoms with Gasteiger partial charge in [0.05, 0.1) is 0 Å². The predicted molar refractivity (Wildman–Crippen MR) is 118 cm³/mol. The van der Waals surface area contributed by atoms with Gasteiger partial charge in [-0.05, 0) is 47.9 Å². The van der Waals surface area contributed by atoms with E-state index < -0.39 is 5.91 Å². The molecular formula is C22H31FN6O. The van der Waals surface area contributed by atoms with Crippen LogP contribution in [-0.4, -0.2) is 35.0 Å². The largest absolute Gasteiger partial charge is 0.365 e. The van der Waals surface area contributed by atoms with Gasteiger partial charge in [0.1, 0.15) is 17.2 Å². The normalized spacial score (nSPS) is 16.9. The highest BCUT2D eigenvalue weighted by Crippen LogP contribution is 2.32. The van der Waals surface area contributed by atoms with Crippen LogP contribution in [0.15, 0.2) is 18.3 Å². The van der Waals surface area contributed by atoms with Gasteiger partial charge in [0.25, 0.3) is 5.91 Å². The maximum Gasteiger partial charge on any atom is 0.254 e. The van der Waals surface area contributed by atoms with E-state index in [0.717, 1.165) is 19.4 Å². The Morgan fingerprint density at radius 3 is 2.40 bits per heavy atom. The molecule has 3 rings (SSSR count). The van der Waals surface area contributed by atoms with Crippen LogP contribution in [0.1, 0.15) is 73.9 Å². The number of nitrogens with two attached hydrogens (primary N) is 2. The minimum Gasteiger partial charge on any atom is -0.365 e. The Hall–Kier alpha value is -2.74. The molecule has 5 N–H and O–H groups in total. The molecule has 0 aliphatic carbocycles. The van der Waals surface area contributed by atoms with Crippen molar-refractivity contribution >= 4 is 23.4 Å². The number of rotatable bonds is 6. The van der Waals surface area contributed by atoms with Crippen molar-refractivity contribution in [3.05, 3.63) is 40.8 Å². The van der Waals surface area contributed by atoms with E-state index in [0.29, 0.717) is 35.1 Å². The van der Waals surface area contributed by atoms with E-state index in [1.807, 2.05) is 32.6 Å². The predicted octanol–water partition coefficient (Wildman–Crippen LogP) is 3.63. The number of anilines is 3. The number of carbonyl (C=O) groups excluding carboxylic acids is 1. The van der Waals surface area contributed by atoms with E-state index in [1.165, 1.54) is 6.20 Å². The van der Waals surface area contributed by atoms with E-state index >= 15 is 0 Å². The number of primary amides is 1. The molecule has 0 bridgehead atoms. The second kappa shape index (κ2) is 8.95. The van der Waals surface area contributed by atoms with E-state index in [9.17, 15) is 9.18 Å². The average Bonchev–Trinajstić information content (AvgIpc) is 2.68. The molecule has 30 heavy (non-hydrogen) atoms. The molecule has 1 aliphatic heterocycles. The van der Waals surface area contributed by atoms with Crippen molar-refractivity contribution in [2.45, 2.75) is 58.4 Å². The second-order valence-electron chi connectivity index (χ2n) is 8.55. The first-order chi connectivity index (χ1) is 14.2. The van der Waals surface area contributed by atoms with Gasteiger partial charge in [-0.15, -0.1) is 0 Å². The minimum absolute atomic E-state index is 0.00987. The highest BCUT2D eigenvalue weighted by Gasteiger charge is 2.22. The lowest BCUT2D eigenvalue weighted by Crippen LogP contribution is -2.43. The van der Waals surface area contributed by atoms with Gasteiger partial charge in [-0.1, -0.05) is 27.7 Å². The summed E-state index contributed by atoms with van der Waals surface area (Å²) >= 11 is 0. The zero-order valence-corrected chi connectivity index (χ0v) is 18.1. The fraction of sp³-hybridized carbons (Fsp3) is 0.500. The molecule has 162 valence electrons. The van der Waals surface area contributed by atoms with Crippen LogP contribution in [-0.2, 0) is 0 Å². The molecule has 1 fully saturated rings. The fourth-order valence-corrected chi connectivity index (χ4v) is 3.71. The van der Waals surface area contributed by atoms with Crippen molar-refractivity contribution in [2.75, 3.05) is 23.3 Å². The topological polar surface area (TPSA) is 110 Å². The van der Waals surface area contributed by atoms with E-state index in [2.05, 4.69) is 15.3 Å². The molecule has 1 saturated heterocycles. The molecule has 2 heterocycles. The van der Waals surface area contributed by atoms with Gasteiger partial charge >= 0.3 is 0 Å². The van der Waals surface area contributed by atoms with Crippen LogP contribution >= 0.6 is 0 Å². The molecular weight excluding hydrogens is 383 g/mol. The van der Waals surface area contributed by atoms with Crippen molar-refractivity contribution < 1.29 is 9.18 Å². The molecule has 1 amide bonds. The first-order valence-electron chi connectivity index (χ1n) is 10.4. The third-order valence-electron chi connectivity index (χ3n) is 5.42. The van der Waals surface area contributed by atoms with E-state index in [-0.39, 0.29) is 29.3 Å². The highest BCUT2D eigenvalue weighted by atomic mass is 19.1. The van der Waals surface area contributed by atoms with Gasteiger partial charge in [0.2, 0.25) is 5.95 Å². The third kappa shape index (κ3) is 4.70. The Labute approximate surface area is 177 Å². The third-order valence-corrected chi connectivity index (χ3v) is 5.42. The van der Waals surface area contributed by atoms with E-state index in [1.54, 1.807) is 12.1 Å². The van der Waals surface area contributed by atoms with Gasteiger partial charge in [-0.2, -0.15) is 4.98 Å². The average molecular weight is 415 g/mol. The zero-order chi connectivity index (χ0) is 22.0. The maximum absolute atomic E-state index is 14.9. The molecule has 1 unspecified atom stereocenters. The summed E-state index contributed by atoms with van der Waals surface area (Å²) < 4.78 is 14.9. The number of aromatic nitrogens is 2. The smallest absolute Gasteiger partial charge is 0.254 e. The number of hydrogen-bond acceptors (Lipinski definition) is 6. The lowest BCUT2D eigenvalue weighted by molar-refractivity contribution is 0.100. The summed E-state index contributed by atoms with van der Waals surface area (Å²) in [6, 6.07) is 3.58. The Kier molecular flexibility index (Phi) is 6.55. The molecule has 0 spiro atoms. The van der Waals surface area contributed by atoms with Crippen molar-refractivity contribution in [1.82, 2.24) is 9.97 Å². The minimum atomic E-state index is -0.630. The first kappa shape index (κ1) is 22.0. The molecule has 1 aromatic heterocycles. The summed E-state index contributed by atoms with van der Waals surface area (Å²) in [5.41, 5.74) is 13.7. The Morgan fingerprint density at radius 1 is 1.23 bits per heavy atom. The molecule has 0 radical (unpaired) electrons. The van der Waals surface area contributed by atoms with Crippen LogP contribution in [0.5, 0.6) is 0 Å². The number of benzene rings is 1. The van der Waals surface area contributed by atoms with Gasteiger partial charge in [0.15, 0.2) is 0 Å². The van der Waals surface area contributed by atoms with E-state index in [4.69, 9.17) is 11.5 Å². The van der Waals surface area contributed by atoms with Crippen molar-refractivity contribution in [3.63, 3.8) is 0 Å². The van der Waals surface area contributed by atoms with Crippen molar-refractivity contribution in [1.29, 1.82) is 0 Å². The van der Waals surface area contributed by atoms with Crippen molar-refractivity contribution in [3.8, 4) is 0 Å². The van der Waals surface area contributed by atoms with Crippen LogP contribution in [0.2, 0.25) is 0 Å². The zero-order valence-electron chi connectivity index (χ0n) is 18.1. The number of piperidine rings is 1. The van der Waals surface area contributed by atoms with Gasteiger partial charge < -0.3 is 21.7 Å². The van der Waals surface area contributed by atoms with Crippen LogP contribution in [0.25, 0.3) is 0 Å². The number of halogens is 1. The second-order valence-corrected chi connectivity index (χ2v) is 8.55. The summed E-state index contributed by atoms with van der Waals surface area (Å²) in [6.45, 7) is 9.25. The highest BCUT2D eigenvalue weighted by molar-refractivity contribution is 5.98. The summed E-state index contributed by atoms with van der Waals surface area (Å²) in [4.78, 5) is 22.9. The summed E-state index contributed by atoms with van der Waals surface area (Å²) in [7, 11) is 0. The van der Waals surface area contributed by atoms with Crippen LogP contribution < -0.4 is 21.7 Å².